The Morgan fingerprint density at radius 2 is 1.43 bits per heavy atom. The molecule has 2 aromatic carbocycles. The van der Waals surface area contributed by atoms with Gasteiger partial charge in [-0.25, -0.2) is 0 Å². The minimum atomic E-state index is -0.284. The van der Waals surface area contributed by atoms with E-state index in [2.05, 4.69) is 5.18 Å². The number of nitroso groups, excluding NO2 is 1. The highest BCUT2D eigenvalue weighted by molar-refractivity contribution is 5.92. The lowest BCUT2D eigenvalue weighted by Crippen LogP contribution is -1.94. The normalized spacial score (nSPS) is 10.0. The number of hydrogen-bond acceptors (Lipinski definition) is 7. The average molecular weight is 315 g/mol. The number of methoxy groups -OCH3 is 2. The third-order valence-electron chi connectivity index (χ3n) is 3.29. The van der Waals surface area contributed by atoms with Gasteiger partial charge in [0.1, 0.15) is 18.3 Å². The SMILES string of the molecule is COc1cc(C=O)cc(-c2cc(C=O)cc(OC)c2N=O)c1O. The molecule has 0 bridgehead atoms. The molecule has 0 aliphatic heterocycles. The summed E-state index contributed by atoms with van der Waals surface area (Å²) in [6.45, 7) is 0. The van der Waals surface area contributed by atoms with E-state index in [0.29, 0.717) is 12.6 Å². The zero-order valence-corrected chi connectivity index (χ0v) is 12.4. The third kappa shape index (κ3) is 2.89. The van der Waals surface area contributed by atoms with Gasteiger partial charge in [-0.15, -0.1) is 4.91 Å². The number of aldehydes is 2. The Labute approximate surface area is 131 Å². The van der Waals surface area contributed by atoms with Crippen LogP contribution in [0.2, 0.25) is 0 Å². The van der Waals surface area contributed by atoms with Gasteiger partial charge in [0.05, 0.1) is 14.2 Å². The molecule has 1 N–H and O–H groups in total. The van der Waals surface area contributed by atoms with E-state index in [1.165, 1.54) is 38.5 Å². The molecular formula is C16H13NO6. The number of carbonyl (C=O) groups excluding carboxylic acids is 2. The lowest BCUT2D eigenvalue weighted by atomic mass is 9.97. The van der Waals surface area contributed by atoms with Crippen LogP contribution < -0.4 is 9.47 Å². The van der Waals surface area contributed by atoms with E-state index in [1.807, 2.05) is 0 Å². The molecular weight excluding hydrogens is 302 g/mol. The maximum Gasteiger partial charge on any atom is 0.165 e. The molecule has 0 unspecified atom stereocenters. The quantitative estimate of drug-likeness (QED) is 0.649. The van der Waals surface area contributed by atoms with Gasteiger partial charge in [0.25, 0.3) is 0 Å². The van der Waals surface area contributed by atoms with Gasteiger partial charge in [0.15, 0.2) is 17.2 Å². The summed E-state index contributed by atoms with van der Waals surface area (Å²) in [6.07, 6.45) is 1.14. The maximum atomic E-state index is 11.2. The minimum Gasteiger partial charge on any atom is -0.504 e. The molecule has 7 nitrogen and oxygen atoms in total. The molecule has 0 aliphatic rings. The molecule has 7 heteroatoms. The zero-order valence-electron chi connectivity index (χ0n) is 12.4. The number of carbonyl (C=O) groups is 2. The highest BCUT2D eigenvalue weighted by atomic mass is 16.5. The van der Waals surface area contributed by atoms with Crippen molar-refractivity contribution in [1.82, 2.24) is 0 Å². The second-order valence-corrected chi connectivity index (χ2v) is 4.57. The van der Waals surface area contributed by atoms with Crippen LogP contribution >= 0.6 is 0 Å². The van der Waals surface area contributed by atoms with Gasteiger partial charge in [0.2, 0.25) is 0 Å². The van der Waals surface area contributed by atoms with E-state index in [4.69, 9.17) is 9.47 Å². The van der Waals surface area contributed by atoms with Crippen LogP contribution in [0.25, 0.3) is 11.1 Å². The Kier molecular flexibility index (Phi) is 4.70. The number of phenols is 1. The van der Waals surface area contributed by atoms with Crippen LogP contribution in [0.5, 0.6) is 17.2 Å². The van der Waals surface area contributed by atoms with Crippen LogP contribution in [-0.4, -0.2) is 31.9 Å². The summed E-state index contributed by atoms with van der Waals surface area (Å²) in [5, 5.41) is 13.2. The zero-order chi connectivity index (χ0) is 17.0. The molecule has 23 heavy (non-hydrogen) atoms. The molecule has 2 rings (SSSR count). The van der Waals surface area contributed by atoms with E-state index in [9.17, 15) is 19.6 Å². The summed E-state index contributed by atoms with van der Waals surface area (Å²) in [6, 6.07) is 5.43. The van der Waals surface area contributed by atoms with Crippen LogP contribution in [-0.2, 0) is 0 Å². The van der Waals surface area contributed by atoms with Gasteiger partial charge in [-0.2, -0.15) is 0 Å². The first-order valence-corrected chi connectivity index (χ1v) is 6.46. The van der Waals surface area contributed by atoms with Crippen LogP contribution in [0.3, 0.4) is 0 Å². The average Bonchev–Trinajstić information content (AvgIpc) is 2.60. The number of phenolic OH excluding ortho intramolecular Hbond substituents is 1. The van der Waals surface area contributed by atoms with Gasteiger partial charge >= 0.3 is 0 Å². The smallest absolute Gasteiger partial charge is 0.165 e. The van der Waals surface area contributed by atoms with Crippen molar-refractivity contribution < 1.29 is 24.2 Å². The summed E-state index contributed by atoms with van der Waals surface area (Å²) in [5.41, 5.74) is 0.628. The second kappa shape index (κ2) is 6.69. The Bertz CT molecular complexity index is 785. The van der Waals surface area contributed by atoms with Gasteiger partial charge < -0.3 is 14.6 Å². The van der Waals surface area contributed by atoms with E-state index in [1.54, 1.807) is 0 Å². The predicted molar refractivity (Wildman–Crippen MR) is 82.9 cm³/mol. The van der Waals surface area contributed by atoms with Crippen LogP contribution in [0.4, 0.5) is 5.69 Å². The summed E-state index contributed by atoms with van der Waals surface area (Å²) in [7, 11) is 2.65. The molecule has 0 fully saturated rings. The van der Waals surface area contributed by atoms with Crippen molar-refractivity contribution >= 4 is 18.3 Å². The predicted octanol–water partition coefficient (Wildman–Crippen LogP) is 3.10. The topological polar surface area (TPSA) is 102 Å². The summed E-state index contributed by atoms with van der Waals surface area (Å²) < 4.78 is 10.1. The molecule has 0 saturated carbocycles. The molecule has 0 heterocycles. The maximum absolute atomic E-state index is 11.2. The van der Waals surface area contributed by atoms with Crippen molar-refractivity contribution in [1.29, 1.82) is 0 Å². The van der Waals surface area contributed by atoms with Gasteiger partial charge in [-0.05, 0) is 29.4 Å². The Morgan fingerprint density at radius 1 is 0.913 bits per heavy atom. The Hall–Kier alpha value is -3.22. The minimum absolute atomic E-state index is 0.0527. The Balaban J connectivity index is 2.87. The molecule has 0 saturated heterocycles. The van der Waals surface area contributed by atoms with E-state index in [0.717, 1.165) is 0 Å². The highest BCUT2D eigenvalue weighted by Gasteiger charge is 2.20. The summed E-state index contributed by atoms with van der Waals surface area (Å²) in [5.74, 6) is -0.153. The monoisotopic (exact) mass is 315 g/mol. The van der Waals surface area contributed by atoms with Crippen molar-refractivity contribution in [2.24, 2.45) is 5.18 Å². The molecule has 0 radical (unpaired) electrons. The fourth-order valence-electron chi connectivity index (χ4n) is 2.21. The lowest BCUT2D eigenvalue weighted by Gasteiger charge is -2.13. The van der Waals surface area contributed by atoms with Crippen LogP contribution in [0.15, 0.2) is 29.4 Å². The van der Waals surface area contributed by atoms with Crippen molar-refractivity contribution in [2.75, 3.05) is 14.2 Å². The Morgan fingerprint density at radius 3 is 1.91 bits per heavy atom. The number of ether oxygens (including phenoxy) is 2. The van der Waals surface area contributed by atoms with Gasteiger partial charge in [-0.3, -0.25) is 9.59 Å². The van der Waals surface area contributed by atoms with Crippen LogP contribution in [0, 0.1) is 4.91 Å². The molecule has 0 atom stereocenters. The first-order valence-electron chi connectivity index (χ1n) is 6.46. The van der Waals surface area contributed by atoms with Gasteiger partial charge in [0, 0.05) is 22.3 Å². The largest absolute Gasteiger partial charge is 0.504 e. The van der Waals surface area contributed by atoms with Gasteiger partial charge in [-0.1, -0.05) is 0 Å². The number of hydrogen-bond donors (Lipinski definition) is 1. The number of benzene rings is 2. The summed E-state index contributed by atoms with van der Waals surface area (Å²) >= 11 is 0. The first kappa shape index (κ1) is 16.2. The third-order valence-corrected chi connectivity index (χ3v) is 3.29. The highest BCUT2D eigenvalue weighted by Crippen LogP contribution is 2.45. The van der Waals surface area contributed by atoms with Crippen molar-refractivity contribution in [2.45, 2.75) is 0 Å². The molecule has 118 valence electrons. The first-order chi connectivity index (χ1) is 11.1. The standard InChI is InChI=1S/C16H13NO6/c1-22-13-5-9(7-18)3-11(15(13)17-21)12-4-10(8-19)6-14(23-2)16(12)20/h3-8,20H,1-2H3. The van der Waals surface area contributed by atoms with Crippen LogP contribution in [0.1, 0.15) is 20.7 Å². The van der Waals surface area contributed by atoms with Crippen molar-refractivity contribution in [3.8, 4) is 28.4 Å². The molecule has 2 aromatic rings. The summed E-state index contributed by atoms with van der Waals surface area (Å²) in [4.78, 5) is 33.3. The molecule has 0 aromatic heterocycles. The van der Waals surface area contributed by atoms with Crippen molar-refractivity contribution in [3.63, 3.8) is 0 Å². The second-order valence-electron chi connectivity index (χ2n) is 4.57. The number of nitrogens with zero attached hydrogens (tertiary/aromatic N) is 1. The van der Waals surface area contributed by atoms with E-state index >= 15 is 0 Å². The molecule has 0 spiro atoms. The number of rotatable bonds is 6. The lowest BCUT2D eigenvalue weighted by molar-refractivity contribution is 0.111. The fourth-order valence-corrected chi connectivity index (χ4v) is 2.21. The van der Waals surface area contributed by atoms with Crippen molar-refractivity contribution in [3.05, 3.63) is 40.3 Å². The molecule has 0 aliphatic carbocycles. The fraction of sp³-hybridized carbons (Fsp3) is 0.125. The number of aromatic hydroxyl groups is 1. The van der Waals surface area contributed by atoms with E-state index < -0.39 is 0 Å². The van der Waals surface area contributed by atoms with E-state index in [-0.39, 0.29) is 45.2 Å². The molecule has 0 amide bonds.